The molecule has 1 N–H and O–H groups in total. The molecule has 0 fully saturated rings. The predicted molar refractivity (Wildman–Crippen MR) is 115 cm³/mol. The highest BCUT2D eigenvalue weighted by Crippen LogP contribution is 2.30. The maximum atomic E-state index is 12.5. The number of fused-ring (bicyclic) bond motifs is 1. The number of aromatic nitrogens is 2. The molecule has 5 nitrogen and oxygen atoms in total. The number of nitrogens with zero attached hydrogens (tertiary/aromatic N) is 2. The first-order valence-corrected chi connectivity index (χ1v) is 9.75. The summed E-state index contributed by atoms with van der Waals surface area (Å²) in [4.78, 5) is 16.9. The van der Waals surface area contributed by atoms with Gasteiger partial charge in [-0.15, -0.1) is 0 Å². The lowest BCUT2D eigenvalue weighted by atomic mass is 10.0. The Hall–Kier alpha value is -3.31. The summed E-state index contributed by atoms with van der Waals surface area (Å²) >= 11 is 5.98. The van der Waals surface area contributed by atoms with Crippen LogP contribution >= 0.6 is 11.6 Å². The van der Waals surface area contributed by atoms with Crippen LogP contribution in [0.4, 0.5) is 5.82 Å². The molecule has 1 aromatic carbocycles. The fourth-order valence-corrected chi connectivity index (χ4v) is 3.47. The van der Waals surface area contributed by atoms with Gasteiger partial charge in [0.25, 0.3) is 0 Å². The lowest BCUT2D eigenvalue weighted by Crippen LogP contribution is -2.15. The van der Waals surface area contributed by atoms with E-state index in [-0.39, 0.29) is 12.0 Å². The molecule has 4 aromatic rings. The van der Waals surface area contributed by atoms with E-state index in [1.54, 1.807) is 19.2 Å². The first kappa shape index (κ1) is 19.0. The molecule has 0 unspecified atom stereocenters. The minimum Gasteiger partial charge on any atom is -0.462 e. The van der Waals surface area contributed by atoms with Crippen LogP contribution in [-0.2, 0) is 4.74 Å². The molecule has 0 aliphatic carbocycles. The van der Waals surface area contributed by atoms with Crippen molar-refractivity contribution in [2.75, 3.05) is 11.9 Å². The Bertz CT molecular complexity index is 1120. The van der Waals surface area contributed by atoms with Gasteiger partial charge in [-0.3, -0.25) is 0 Å². The van der Waals surface area contributed by atoms with Gasteiger partial charge >= 0.3 is 5.97 Å². The number of ether oxygens (including phenoxy) is 1. The molecule has 29 heavy (non-hydrogen) atoms. The monoisotopic (exact) mass is 405 g/mol. The number of hydrogen-bond acceptors (Lipinski definition) is 4. The van der Waals surface area contributed by atoms with Gasteiger partial charge in [0.2, 0.25) is 0 Å². The molecule has 3 heterocycles. The van der Waals surface area contributed by atoms with Crippen molar-refractivity contribution < 1.29 is 9.53 Å². The maximum Gasteiger partial charge on any atom is 0.340 e. The Morgan fingerprint density at radius 2 is 1.93 bits per heavy atom. The van der Waals surface area contributed by atoms with E-state index in [2.05, 4.69) is 10.3 Å². The Kier molecular flexibility index (Phi) is 5.49. The predicted octanol–water partition coefficient (Wildman–Crippen LogP) is 5.37. The molecule has 0 amide bonds. The number of esters is 1. The summed E-state index contributed by atoms with van der Waals surface area (Å²) < 4.78 is 7.27. The van der Waals surface area contributed by atoms with Gasteiger partial charge < -0.3 is 14.5 Å². The third kappa shape index (κ3) is 3.96. The van der Waals surface area contributed by atoms with Gasteiger partial charge in [0, 0.05) is 12.4 Å². The van der Waals surface area contributed by atoms with Crippen LogP contribution in [0.25, 0.3) is 5.52 Å². The van der Waals surface area contributed by atoms with E-state index < -0.39 is 0 Å². The van der Waals surface area contributed by atoms with Crippen LogP contribution in [0.1, 0.15) is 34.6 Å². The Morgan fingerprint density at radius 1 is 1.14 bits per heavy atom. The van der Waals surface area contributed by atoms with Crippen molar-refractivity contribution in [2.24, 2.45) is 0 Å². The third-order valence-electron chi connectivity index (χ3n) is 4.65. The number of rotatable bonds is 6. The van der Waals surface area contributed by atoms with Gasteiger partial charge in [0.1, 0.15) is 5.82 Å². The highest BCUT2D eigenvalue weighted by atomic mass is 35.5. The number of pyridine rings is 2. The van der Waals surface area contributed by atoms with E-state index in [1.165, 1.54) is 0 Å². The molecule has 0 saturated heterocycles. The number of hydrogen-bond donors (Lipinski definition) is 1. The Labute approximate surface area is 173 Å². The van der Waals surface area contributed by atoms with Crippen molar-refractivity contribution in [2.45, 2.75) is 13.0 Å². The smallest absolute Gasteiger partial charge is 0.340 e. The fourth-order valence-electron chi connectivity index (χ4n) is 3.36. The van der Waals surface area contributed by atoms with Crippen LogP contribution in [-0.4, -0.2) is 22.0 Å². The maximum absolute atomic E-state index is 12.5. The zero-order chi connectivity index (χ0) is 20.2. The molecule has 0 radical (unpaired) electrons. The van der Waals surface area contributed by atoms with Crippen LogP contribution in [0.5, 0.6) is 0 Å². The molecule has 3 aromatic heterocycles. The van der Waals surface area contributed by atoms with Crippen molar-refractivity contribution in [3.05, 3.63) is 101 Å². The lowest BCUT2D eigenvalue weighted by molar-refractivity contribution is 0.0529. The SMILES string of the molecule is CCOC(=O)c1cc([C@@H](Nc2ccc(Cl)cn2)c2ccccc2)n2ccccc12. The van der Waals surface area contributed by atoms with E-state index in [9.17, 15) is 4.79 Å². The number of carbonyl (C=O) groups is 1. The highest BCUT2D eigenvalue weighted by Gasteiger charge is 2.23. The molecule has 0 spiro atoms. The first-order chi connectivity index (χ1) is 14.2. The van der Waals surface area contributed by atoms with Crippen molar-refractivity contribution in [3.63, 3.8) is 0 Å². The van der Waals surface area contributed by atoms with Crippen LogP contribution in [0.15, 0.2) is 79.1 Å². The standard InChI is InChI=1S/C23H20ClN3O2/c1-2-29-23(28)18-14-20(27-13-7-6-10-19(18)27)22(16-8-4-3-5-9-16)26-21-12-11-17(24)15-25-21/h3-15,22H,2H2,1H3,(H,25,26)/t22-/m0/s1. The second-order valence-electron chi connectivity index (χ2n) is 6.51. The second kappa shape index (κ2) is 8.37. The van der Waals surface area contributed by atoms with Gasteiger partial charge in [0.05, 0.1) is 34.4 Å². The molecule has 1 atom stereocenters. The summed E-state index contributed by atoms with van der Waals surface area (Å²) in [7, 11) is 0. The zero-order valence-corrected chi connectivity index (χ0v) is 16.6. The summed E-state index contributed by atoms with van der Waals surface area (Å²) in [5.41, 5.74) is 3.29. The van der Waals surface area contributed by atoms with Gasteiger partial charge in [-0.05, 0) is 42.8 Å². The van der Waals surface area contributed by atoms with Crippen LogP contribution < -0.4 is 5.32 Å². The minimum atomic E-state index is -0.334. The normalized spacial score (nSPS) is 11.9. The molecular formula is C23H20ClN3O2. The van der Waals surface area contributed by atoms with E-state index in [0.29, 0.717) is 23.0 Å². The Balaban J connectivity index is 1.85. The van der Waals surface area contributed by atoms with Crippen molar-refractivity contribution in [1.29, 1.82) is 0 Å². The van der Waals surface area contributed by atoms with E-state index in [0.717, 1.165) is 16.8 Å². The average Bonchev–Trinajstić information content (AvgIpc) is 3.14. The van der Waals surface area contributed by atoms with Gasteiger partial charge in [0.15, 0.2) is 0 Å². The summed E-state index contributed by atoms with van der Waals surface area (Å²) in [5, 5.41) is 4.05. The number of nitrogens with one attached hydrogen (secondary N) is 1. The van der Waals surface area contributed by atoms with Crippen LogP contribution in [0.3, 0.4) is 0 Å². The third-order valence-corrected chi connectivity index (χ3v) is 4.87. The highest BCUT2D eigenvalue weighted by molar-refractivity contribution is 6.30. The second-order valence-corrected chi connectivity index (χ2v) is 6.95. The molecular weight excluding hydrogens is 386 g/mol. The van der Waals surface area contributed by atoms with Crippen LogP contribution in [0, 0.1) is 0 Å². The molecule has 0 aliphatic rings. The van der Waals surface area contributed by atoms with Crippen molar-refractivity contribution in [3.8, 4) is 0 Å². The lowest BCUT2D eigenvalue weighted by Gasteiger charge is -2.20. The number of halogens is 1. The van der Waals surface area contributed by atoms with Gasteiger partial charge in [-0.1, -0.05) is 48.0 Å². The number of benzene rings is 1. The number of anilines is 1. The molecule has 6 heteroatoms. The Morgan fingerprint density at radius 3 is 2.66 bits per heavy atom. The van der Waals surface area contributed by atoms with Gasteiger partial charge in [-0.25, -0.2) is 9.78 Å². The summed E-state index contributed by atoms with van der Waals surface area (Å²) in [6.45, 7) is 2.13. The number of carbonyl (C=O) groups excluding carboxylic acids is 1. The summed E-state index contributed by atoms with van der Waals surface area (Å²) in [6.07, 6.45) is 3.55. The minimum absolute atomic E-state index is 0.233. The van der Waals surface area contributed by atoms with E-state index >= 15 is 0 Å². The average molecular weight is 406 g/mol. The van der Waals surface area contributed by atoms with Crippen molar-refractivity contribution in [1.82, 2.24) is 9.38 Å². The summed E-state index contributed by atoms with van der Waals surface area (Å²) in [6, 6.07) is 21.1. The van der Waals surface area contributed by atoms with E-state index in [1.807, 2.05) is 71.3 Å². The van der Waals surface area contributed by atoms with Crippen molar-refractivity contribution >= 4 is 28.9 Å². The largest absolute Gasteiger partial charge is 0.462 e. The van der Waals surface area contributed by atoms with Gasteiger partial charge in [-0.2, -0.15) is 0 Å². The summed E-state index contributed by atoms with van der Waals surface area (Å²) in [5.74, 6) is 0.352. The fraction of sp³-hybridized carbons (Fsp3) is 0.130. The molecule has 4 rings (SSSR count). The van der Waals surface area contributed by atoms with E-state index in [4.69, 9.17) is 16.3 Å². The topological polar surface area (TPSA) is 55.6 Å². The molecule has 0 bridgehead atoms. The molecule has 0 saturated carbocycles. The van der Waals surface area contributed by atoms with Crippen LogP contribution in [0.2, 0.25) is 5.02 Å². The molecule has 146 valence electrons. The first-order valence-electron chi connectivity index (χ1n) is 9.37. The quantitative estimate of drug-likeness (QED) is 0.438. The zero-order valence-electron chi connectivity index (χ0n) is 15.9. The molecule has 0 aliphatic heterocycles.